The molecule has 1 saturated heterocycles. The summed E-state index contributed by atoms with van der Waals surface area (Å²) in [6, 6.07) is 6.87. The van der Waals surface area contributed by atoms with Crippen LogP contribution < -0.4 is 5.32 Å². The molecule has 2 aromatic rings. The molecule has 1 aromatic heterocycles. The van der Waals surface area contributed by atoms with E-state index in [-0.39, 0.29) is 30.7 Å². The number of carboxylic acid groups (broad SMARTS) is 1. The van der Waals surface area contributed by atoms with Crippen LogP contribution >= 0.6 is 12.4 Å². The van der Waals surface area contributed by atoms with Gasteiger partial charge in [0.2, 0.25) is 5.91 Å². The van der Waals surface area contributed by atoms with E-state index in [1.54, 1.807) is 30.0 Å². The zero-order valence-electron chi connectivity index (χ0n) is 14.2. The van der Waals surface area contributed by atoms with Crippen molar-refractivity contribution in [2.24, 2.45) is 0 Å². The van der Waals surface area contributed by atoms with E-state index in [9.17, 15) is 19.1 Å². The van der Waals surface area contributed by atoms with Crippen LogP contribution in [0.25, 0.3) is 5.69 Å². The van der Waals surface area contributed by atoms with Crippen LogP contribution in [0.5, 0.6) is 0 Å². The quantitative estimate of drug-likeness (QED) is 0.828. The second kappa shape index (κ2) is 8.29. The number of benzene rings is 1. The lowest BCUT2D eigenvalue weighted by Gasteiger charge is -2.20. The number of carboxylic acids is 1. The van der Waals surface area contributed by atoms with Crippen molar-refractivity contribution in [2.75, 3.05) is 18.4 Å². The number of aromatic nitrogens is 2. The molecule has 7 nitrogen and oxygen atoms in total. The molecular formula is C17H20ClFN4O3. The van der Waals surface area contributed by atoms with E-state index in [4.69, 9.17) is 0 Å². The maximum atomic E-state index is 13.1. The third kappa shape index (κ3) is 4.39. The lowest BCUT2D eigenvalue weighted by atomic mass is 10.2. The molecular weight excluding hydrogens is 363 g/mol. The number of anilines is 1. The standard InChI is InChI=1S/C17H19FN4O3.ClH/c1-11-9-15(22(20-11)13-6-4-12(18)5-7-13)19-16(23)10-21-8-2-3-14(21)17(24)25;/h4-7,9,14H,2-3,8,10H2,1H3,(H,19,23)(H,24,25);1H. The Hall–Kier alpha value is -2.45. The van der Waals surface area contributed by atoms with Crippen LogP contribution in [0, 0.1) is 12.7 Å². The summed E-state index contributed by atoms with van der Waals surface area (Å²) in [5.41, 5.74) is 1.32. The third-order valence-corrected chi connectivity index (χ3v) is 4.17. The molecule has 0 aliphatic carbocycles. The first-order chi connectivity index (χ1) is 11.9. The first-order valence-electron chi connectivity index (χ1n) is 8.03. The molecule has 1 aliphatic heterocycles. The van der Waals surface area contributed by atoms with Crippen LogP contribution in [0.4, 0.5) is 10.2 Å². The molecule has 3 rings (SSSR count). The fraction of sp³-hybridized carbons (Fsp3) is 0.353. The third-order valence-electron chi connectivity index (χ3n) is 4.17. The molecule has 9 heteroatoms. The molecule has 0 spiro atoms. The minimum atomic E-state index is -0.905. The van der Waals surface area contributed by atoms with Crippen molar-refractivity contribution in [1.29, 1.82) is 0 Å². The van der Waals surface area contributed by atoms with Gasteiger partial charge in [0.15, 0.2) is 0 Å². The number of carbonyl (C=O) groups excluding carboxylic acids is 1. The molecule has 1 aromatic carbocycles. The highest BCUT2D eigenvalue weighted by atomic mass is 35.5. The van der Waals surface area contributed by atoms with Gasteiger partial charge in [-0.1, -0.05) is 0 Å². The van der Waals surface area contributed by atoms with Crippen molar-refractivity contribution in [3.8, 4) is 5.69 Å². The van der Waals surface area contributed by atoms with Gasteiger partial charge in [-0.2, -0.15) is 5.10 Å². The Labute approximate surface area is 156 Å². The number of aryl methyl sites for hydroxylation is 1. The molecule has 140 valence electrons. The van der Waals surface area contributed by atoms with Gasteiger partial charge < -0.3 is 10.4 Å². The maximum Gasteiger partial charge on any atom is 0.320 e. The molecule has 0 saturated carbocycles. The molecule has 2 heterocycles. The SMILES string of the molecule is Cc1cc(NC(=O)CN2CCCC2C(=O)O)n(-c2ccc(F)cc2)n1.Cl. The summed E-state index contributed by atoms with van der Waals surface area (Å²) in [5.74, 6) is -1.11. The summed E-state index contributed by atoms with van der Waals surface area (Å²) in [7, 11) is 0. The summed E-state index contributed by atoms with van der Waals surface area (Å²) in [4.78, 5) is 25.2. The van der Waals surface area contributed by atoms with E-state index in [0.29, 0.717) is 30.2 Å². The Morgan fingerprint density at radius 2 is 2.04 bits per heavy atom. The normalized spacial score (nSPS) is 16.9. The number of hydrogen-bond acceptors (Lipinski definition) is 4. The van der Waals surface area contributed by atoms with Gasteiger partial charge in [-0.15, -0.1) is 12.4 Å². The summed E-state index contributed by atoms with van der Waals surface area (Å²) in [6.07, 6.45) is 1.31. The Kier molecular flexibility index (Phi) is 6.33. The Bertz CT molecular complexity index is 794. The molecule has 1 atom stereocenters. The predicted octanol–water partition coefficient (Wildman–Crippen LogP) is 2.23. The van der Waals surface area contributed by atoms with Gasteiger partial charge >= 0.3 is 5.97 Å². The Morgan fingerprint density at radius 3 is 2.69 bits per heavy atom. The largest absolute Gasteiger partial charge is 0.480 e. The molecule has 1 aliphatic rings. The molecule has 1 fully saturated rings. The van der Waals surface area contributed by atoms with Crippen molar-refractivity contribution in [3.63, 3.8) is 0 Å². The topological polar surface area (TPSA) is 87.5 Å². The van der Waals surface area contributed by atoms with Crippen molar-refractivity contribution in [3.05, 3.63) is 41.8 Å². The molecule has 2 N–H and O–H groups in total. The van der Waals surface area contributed by atoms with Gasteiger partial charge in [0.1, 0.15) is 17.7 Å². The molecule has 1 unspecified atom stereocenters. The zero-order valence-corrected chi connectivity index (χ0v) is 15.0. The van der Waals surface area contributed by atoms with Gasteiger partial charge in [0.05, 0.1) is 17.9 Å². The van der Waals surface area contributed by atoms with Crippen LogP contribution in [0.1, 0.15) is 18.5 Å². The number of rotatable bonds is 5. The van der Waals surface area contributed by atoms with Gasteiger partial charge in [0.25, 0.3) is 0 Å². The predicted molar refractivity (Wildman–Crippen MR) is 96.4 cm³/mol. The van der Waals surface area contributed by atoms with Gasteiger partial charge in [0, 0.05) is 6.07 Å². The fourth-order valence-corrected chi connectivity index (χ4v) is 3.03. The Morgan fingerprint density at radius 1 is 1.35 bits per heavy atom. The van der Waals surface area contributed by atoms with E-state index in [0.717, 1.165) is 6.42 Å². The number of halogens is 2. The fourth-order valence-electron chi connectivity index (χ4n) is 3.03. The van der Waals surface area contributed by atoms with E-state index in [1.807, 2.05) is 0 Å². The Balaban J connectivity index is 0.00000243. The van der Waals surface area contributed by atoms with Gasteiger partial charge in [-0.3, -0.25) is 14.5 Å². The number of carbonyl (C=O) groups is 2. The van der Waals surface area contributed by atoms with Crippen molar-refractivity contribution in [2.45, 2.75) is 25.8 Å². The van der Waals surface area contributed by atoms with Crippen LogP contribution in [0.15, 0.2) is 30.3 Å². The van der Waals surface area contributed by atoms with Crippen LogP contribution in [0.2, 0.25) is 0 Å². The molecule has 26 heavy (non-hydrogen) atoms. The highest BCUT2D eigenvalue weighted by Crippen LogP contribution is 2.19. The zero-order chi connectivity index (χ0) is 18.0. The van der Waals surface area contributed by atoms with Crippen LogP contribution in [0.3, 0.4) is 0 Å². The highest BCUT2D eigenvalue weighted by molar-refractivity contribution is 5.92. The average Bonchev–Trinajstić information content (AvgIpc) is 3.15. The van der Waals surface area contributed by atoms with E-state index >= 15 is 0 Å². The second-order valence-electron chi connectivity index (χ2n) is 6.07. The number of amides is 1. The number of aliphatic carboxylic acids is 1. The number of nitrogens with zero attached hydrogens (tertiary/aromatic N) is 3. The van der Waals surface area contributed by atoms with Crippen LogP contribution in [-0.4, -0.2) is 50.8 Å². The summed E-state index contributed by atoms with van der Waals surface area (Å²) in [5, 5.41) is 16.3. The van der Waals surface area contributed by atoms with Crippen molar-refractivity contribution in [1.82, 2.24) is 14.7 Å². The minimum Gasteiger partial charge on any atom is -0.480 e. The lowest BCUT2D eigenvalue weighted by molar-refractivity contribution is -0.142. The second-order valence-corrected chi connectivity index (χ2v) is 6.07. The summed E-state index contributed by atoms with van der Waals surface area (Å²) >= 11 is 0. The molecule has 1 amide bonds. The van der Waals surface area contributed by atoms with E-state index < -0.39 is 12.0 Å². The lowest BCUT2D eigenvalue weighted by Crippen LogP contribution is -2.41. The van der Waals surface area contributed by atoms with Crippen molar-refractivity contribution < 1.29 is 19.1 Å². The first-order valence-corrected chi connectivity index (χ1v) is 8.03. The smallest absolute Gasteiger partial charge is 0.320 e. The molecule has 0 bridgehead atoms. The number of likely N-dealkylation sites (tertiary alicyclic amines) is 1. The molecule has 0 radical (unpaired) electrons. The van der Waals surface area contributed by atoms with Gasteiger partial charge in [-0.25, -0.2) is 9.07 Å². The maximum absolute atomic E-state index is 13.1. The summed E-state index contributed by atoms with van der Waals surface area (Å²) < 4.78 is 14.6. The summed E-state index contributed by atoms with van der Waals surface area (Å²) in [6.45, 7) is 2.38. The van der Waals surface area contributed by atoms with E-state index in [1.165, 1.54) is 16.8 Å². The minimum absolute atomic E-state index is 0. The van der Waals surface area contributed by atoms with Gasteiger partial charge in [-0.05, 0) is 50.6 Å². The van der Waals surface area contributed by atoms with Crippen LogP contribution in [-0.2, 0) is 9.59 Å². The average molecular weight is 383 g/mol. The first kappa shape index (κ1) is 19.9. The highest BCUT2D eigenvalue weighted by Gasteiger charge is 2.31. The van der Waals surface area contributed by atoms with Crippen molar-refractivity contribution >= 4 is 30.1 Å². The number of nitrogens with one attached hydrogen (secondary N) is 1. The van der Waals surface area contributed by atoms with E-state index in [2.05, 4.69) is 10.4 Å². The number of hydrogen-bond donors (Lipinski definition) is 2. The monoisotopic (exact) mass is 382 g/mol.